The van der Waals surface area contributed by atoms with E-state index in [1.807, 2.05) is 6.07 Å². The van der Waals surface area contributed by atoms with Crippen LogP contribution >= 0.6 is 0 Å². The first kappa shape index (κ1) is 44.1. The minimum atomic E-state index is -4.60. The fourth-order valence-corrected chi connectivity index (χ4v) is 12.0. The van der Waals surface area contributed by atoms with E-state index in [1.54, 1.807) is 31.3 Å². The maximum absolute atomic E-state index is 13.9. The van der Waals surface area contributed by atoms with Gasteiger partial charge in [-0.05, 0) is 124 Å². The van der Waals surface area contributed by atoms with Gasteiger partial charge in [-0.3, -0.25) is 19.8 Å². The van der Waals surface area contributed by atoms with Crippen molar-refractivity contribution >= 4 is 44.0 Å². The molecule has 6 aliphatic rings. The molecule has 64 heavy (non-hydrogen) atoms. The number of aromatic amines is 1. The van der Waals surface area contributed by atoms with Crippen LogP contribution in [0.15, 0.2) is 77.0 Å². The van der Waals surface area contributed by atoms with Crippen LogP contribution in [0, 0.1) is 32.3 Å². The number of aliphatic hydroxyl groups is 1. The molecule has 5 fully saturated rings. The smallest absolute Gasteiger partial charge is 0.293 e. The van der Waals surface area contributed by atoms with Crippen molar-refractivity contribution in [2.75, 3.05) is 49.5 Å². The number of halogens is 2. The molecule has 4 aromatic rings. The van der Waals surface area contributed by atoms with Crippen molar-refractivity contribution in [1.82, 2.24) is 19.6 Å². The summed E-state index contributed by atoms with van der Waals surface area (Å²) in [5, 5.41) is 26.3. The number of nitro groups is 1. The first-order chi connectivity index (χ1) is 30.3. The number of H-pyrrole nitrogens is 1. The Morgan fingerprint density at radius 3 is 2.47 bits per heavy atom. The number of fused-ring (bicyclic) bond motifs is 1. The van der Waals surface area contributed by atoms with E-state index in [-0.39, 0.29) is 33.7 Å². The zero-order valence-corrected chi connectivity index (χ0v) is 37.4. The van der Waals surface area contributed by atoms with E-state index in [0.717, 1.165) is 68.9 Å². The first-order valence-corrected chi connectivity index (χ1v) is 23.8. The second kappa shape index (κ2) is 16.4. The average Bonchev–Trinajstić information content (AvgIpc) is 3.68. The van der Waals surface area contributed by atoms with Gasteiger partial charge in [0.2, 0.25) is 6.43 Å². The third-order valence-corrected chi connectivity index (χ3v) is 16.1. The van der Waals surface area contributed by atoms with Gasteiger partial charge >= 0.3 is 0 Å². The SMILES string of the molecule is CC1(C)CCC(CN2CCN(c3ccc(C(=O)NS(=O)(=O)c4ccc(NC[C@H]5CC[C@](C)(O)CC5)c([N+](=O)[O-])c4)c(Oc4cnc5[nH]ccc5c4)c3)CC2)=C(C23CC(C(F)F)(C2)C3)C1. The van der Waals surface area contributed by atoms with Crippen LogP contribution in [0.2, 0.25) is 0 Å². The number of nitrogens with one attached hydrogen (secondary N) is 3. The molecule has 2 bridgehead atoms. The molecule has 0 unspecified atom stereocenters. The molecule has 342 valence electrons. The molecule has 1 saturated heterocycles. The monoisotopic (exact) mass is 901 g/mol. The number of piperazine rings is 1. The first-order valence-electron chi connectivity index (χ1n) is 22.4. The maximum Gasteiger partial charge on any atom is 0.293 e. The van der Waals surface area contributed by atoms with Gasteiger partial charge in [0.05, 0.1) is 27.2 Å². The molecule has 1 aliphatic heterocycles. The fourth-order valence-electron chi connectivity index (χ4n) is 11.0. The summed E-state index contributed by atoms with van der Waals surface area (Å²) in [6.07, 6.45) is 8.62. The number of carbonyl (C=O) groups is 1. The molecule has 2 aromatic carbocycles. The lowest BCUT2D eigenvalue weighted by atomic mass is 9.32. The molecule has 0 atom stereocenters. The van der Waals surface area contributed by atoms with Crippen LogP contribution in [0.1, 0.15) is 95.3 Å². The summed E-state index contributed by atoms with van der Waals surface area (Å²) >= 11 is 0. The topological polar surface area (TPSA) is 183 Å². The molecule has 0 spiro atoms. The number of pyridine rings is 1. The number of rotatable bonds is 14. The number of benzene rings is 2. The van der Waals surface area contributed by atoms with E-state index in [2.05, 4.69) is 43.7 Å². The van der Waals surface area contributed by atoms with E-state index < -0.39 is 48.9 Å². The van der Waals surface area contributed by atoms with Gasteiger partial charge in [-0.15, -0.1) is 0 Å². The standard InChI is InChI=1S/C47H57F2N7O7S/c1-44(2)12-10-32(37(23-44)46-27-47(28-46,29-46)43(48)49)26-54-16-18-55(19-17-54)33-4-6-36(40(21-33)63-34-20-31-11-15-50-41(31)52-25-34)42(57)53-64(61,62)35-5-7-38(39(22-35)56(59)60)51-24-30-8-13-45(3,58)14-9-30/h4-7,11,15,20-22,25,30,43,51,58H,8-10,12-14,16-19,23-24,26-29H2,1-3H3,(H,50,52)(H,53,57)/t30-,45-,46?,47?. The zero-order chi connectivity index (χ0) is 45.2. The van der Waals surface area contributed by atoms with Crippen LogP contribution in [0.5, 0.6) is 11.5 Å². The van der Waals surface area contributed by atoms with Gasteiger partial charge < -0.3 is 25.0 Å². The van der Waals surface area contributed by atoms with E-state index in [9.17, 15) is 37.2 Å². The normalized spacial score (nSPS) is 26.9. The average molecular weight is 902 g/mol. The summed E-state index contributed by atoms with van der Waals surface area (Å²) in [6, 6.07) is 12.0. The highest BCUT2D eigenvalue weighted by Crippen LogP contribution is 2.79. The number of ether oxygens (including phenoxy) is 1. The van der Waals surface area contributed by atoms with Crippen LogP contribution in [0.25, 0.3) is 11.0 Å². The van der Waals surface area contributed by atoms with Crippen LogP contribution in [-0.4, -0.2) is 90.5 Å². The lowest BCUT2D eigenvalue weighted by Crippen LogP contribution is -2.66. The van der Waals surface area contributed by atoms with Crippen LogP contribution < -0.4 is 19.7 Å². The molecular formula is C47H57F2N7O7S. The highest BCUT2D eigenvalue weighted by Gasteiger charge is 2.73. The van der Waals surface area contributed by atoms with Gasteiger partial charge in [0.15, 0.2) is 0 Å². The van der Waals surface area contributed by atoms with Crippen molar-refractivity contribution in [3.63, 3.8) is 0 Å². The molecule has 5 aliphatic carbocycles. The van der Waals surface area contributed by atoms with Gasteiger partial charge in [0.1, 0.15) is 22.8 Å². The zero-order valence-electron chi connectivity index (χ0n) is 36.6. The minimum Gasteiger partial charge on any atom is -0.455 e. The summed E-state index contributed by atoms with van der Waals surface area (Å²) in [6.45, 7) is 10.5. The van der Waals surface area contributed by atoms with E-state index in [4.69, 9.17) is 4.74 Å². The Bertz CT molecular complexity index is 2590. The number of nitrogens with zero attached hydrogens (tertiary/aromatic N) is 4. The number of sulfonamides is 1. The predicted octanol–water partition coefficient (Wildman–Crippen LogP) is 8.80. The Balaban J connectivity index is 0.909. The molecule has 0 radical (unpaired) electrons. The summed E-state index contributed by atoms with van der Waals surface area (Å²) < 4.78 is 63.5. The number of nitro benzene ring substituents is 1. The van der Waals surface area contributed by atoms with Gasteiger partial charge in [0, 0.05) is 74.1 Å². The highest BCUT2D eigenvalue weighted by molar-refractivity contribution is 7.90. The lowest BCUT2D eigenvalue weighted by Gasteiger charge is -2.72. The number of anilines is 2. The number of aromatic nitrogens is 2. The van der Waals surface area contributed by atoms with Crippen molar-refractivity contribution in [1.29, 1.82) is 0 Å². The molecular weight excluding hydrogens is 845 g/mol. The largest absolute Gasteiger partial charge is 0.455 e. The molecule has 4 N–H and O–H groups in total. The molecule has 10 rings (SSSR count). The summed E-state index contributed by atoms with van der Waals surface area (Å²) in [5.74, 6) is -0.371. The number of carbonyl (C=O) groups excluding carboxylic acids is 1. The summed E-state index contributed by atoms with van der Waals surface area (Å²) in [4.78, 5) is 37.0. The Morgan fingerprint density at radius 1 is 1.03 bits per heavy atom. The molecule has 3 heterocycles. The number of allylic oxidation sites excluding steroid dienone is 1. The van der Waals surface area contributed by atoms with E-state index >= 15 is 0 Å². The van der Waals surface area contributed by atoms with E-state index in [1.165, 1.54) is 35.5 Å². The Morgan fingerprint density at radius 2 is 1.77 bits per heavy atom. The minimum absolute atomic E-state index is 0.0454. The third kappa shape index (κ3) is 8.70. The van der Waals surface area contributed by atoms with Gasteiger partial charge in [-0.25, -0.2) is 26.9 Å². The van der Waals surface area contributed by atoms with Crippen LogP contribution in [0.4, 0.5) is 25.8 Å². The molecule has 2 aromatic heterocycles. The fraction of sp³-hybridized carbons (Fsp3) is 0.532. The van der Waals surface area contributed by atoms with Gasteiger partial charge in [0.25, 0.3) is 21.6 Å². The Labute approximate surface area is 372 Å². The Kier molecular flexibility index (Phi) is 11.3. The van der Waals surface area contributed by atoms with Gasteiger partial charge in [-0.2, -0.15) is 0 Å². The van der Waals surface area contributed by atoms with Crippen molar-refractivity contribution in [3.05, 3.63) is 87.7 Å². The van der Waals surface area contributed by atoms with Crippen molar-refractivity contribution in [2.45, 2.75) is 102 Å². The van der Waals surface area contributed by atoms with Crippen LogP contribution in [-0.2, 0) is 10.0 Å². The number of alkyl halides is 2. The molecule has 17 heteroatoms. The van der Waals surface area contributed by atoms with E-state index in [0.29, 0.717) is 63.1 Å². The van der Waals surface area contributed by atoms with Crippen molar-refractivity contribution < 1.29 is 36.8 Å². The number of amides is 1. The quantitative estimate of drug-likeness (QED) is 0.0539. The van der Waals surface area contributed by atoms with Crippen molar-refractivity contribution in [3.8, 4) is 11.5 Å². The lowest BCUT2D eigenvalue weighted by molar-refractivity contribution is -0.384. The maximum atomic E-state index is 13.9. The molecule has 4 saturated carbocycles. The molecule has 1 amide bonds. The summed E-state index contributed by atoms with van der Waals surface area (Å²) in [7, 11) is -4.60. The van der Waals surface area contributed by atoms with Crippen molar-refractivity contribution in [2.24, 2.45) is 22.2 Å². The Hall–Kier alpha value is -5.13. The second-order valence-electron chi connectivity index (χ2n) is 20.2. The third-order valence-electron chi connectivity index (χ3n) is 14.8. The summed E-state index contributed by atoms with van der Waals surface area (Å²) in [5.41, 5.74) is 2.55. The second-order valence-corrected chi connectivity index (χ2v) is 21.9. The highest BCUT2D eigenvalue weighted by atomic mass is 32.2. The number of hydrogen-bond donors (Lipinski definition) is 4. The number of hydrogen-bond acceptors (Lipinski definition) is 11. The molecule has 14 nitrogen and oxygen atoms in total. The predicted molar refractivity (Wildman–Crippen MR) is 239 cm³/mol. The van der Waals surface area contributed by atoms with Gasteiger partial charge in [-0.1, -0.05) is 25.0 Å². The van der Waals surface area contributed by atoms with Crippen LogP contribution in [0.3, 0.4) is 0 Å².